The number of fused-ring (bicyclic) bond motifs is 1. The summed E-state index contributed by atoms with van der Waals surface area (Å²) in [6.07, 6.45) is 3.35. The van der Waals surface area contributed by atoms with Crippen molar-refractivity contribution in [3.05, 3.63) is 66.1 Å². The third kappa shape index (κ3) is 2.84. The highest BCUT2D eigenvalue weighted by atomic mass is 16.4. The average Bonchev–Trinajstić information content (AvgIpc) is 2.98. The number of aromatic nitrogens is 5. The van der Waals surface area contributed by atoms with E-state index in [4.69, 9.17) is 5.11 Å². The average molecular weight is 346 g/mol. The number of anilines is 2. The summed E-state index contributed by atoms with van der Waals surface area (Å²) in [5.74, 6) is -0.568. The fourth-order valence-electron chi connectivity index (χ4n) is 2.67. The largest absolute Gasteiger partial charge is 0.478 e. The number of nitrogens with one attached hydrogen (secondary N) is 1. The molecule has 8 heteroatoms. The number of rotatable bonds is 4. The Morgan fingerprint density at radius 1 is 1.08 bits per heavy atom. The van der Waals surface area contributed by atoms with E-state index in [-0.39, 0.29) is 5.56 Å². The Labute approximate surface area is 148 Å². The van der Waals surface area contributed by atoms with Crippen molar-refractivity contribution in [2.75, 3.05) is 5.32 Å². The molecule has 0 aliphatic heterocycles. The van der Waals surface area contributed by atoms with Gasteiger partial charge in [0.2, 0.25) is 5.95 Å². The molecule has 26 heavy (non-hydrogen) atoms. The highest BCUT2D eigenvalue weighted by Crippen LogP contribution is 2.23. The van der Waals surface area contributed by atoms with E-state index in [2.05, 4.69) is 25.4 Å². The van der Waals surface area contributed by atoms with E-state index < -0.39 is 5.97 Å². The molecule has 0 fully saturated rings. The maximum atomic E-state index is 10.9. The molecule has 0 atom stereocenters. The number of hydrogen-bond acceptors (Lipinski definition) is 6. The molecule has 0 saturated carbocycles. The fraction of sp³-hybridized carbons (Fsp3) is 0.0556. The van der Waals surface area contributed by atoms with Crippen LogP contribution in [-0.4, -0.2) is 35.6 Å². The third-order valence-corrected chi connectivity index (χ3v) is 3.85. The van der Waals surface area contributed by atoms with Crippen LogP contribution >= 0.6 is 0 Å². The lowest BCUT2D eigenvalue weighted by molar-refractivity contribution is 0.0697. The smallest absolute Gasteiger partial charge is 0.335 e. The quantitative estimate of drug-likeness (QED) is 0.585. The predicted octanol–water partition coefficient (Wildman–Crippen LogP) is 2.94. The van der Waals surface area contributed by atoms with Crippen LogP contribution in [0.3, 0.4) is 0 Å². The maximum Gasteiger partial charge on any atom is 0.335 e. The highest BCUT2D eigenvalue weighted by molar-refractivity contribution is 5.88. The van der Waals surface area contributed by atoms with E-state index in [9.17, 15) is 4.79 Å². The van der Waals surface area contributed by atoms with Gasteiger partial charge in [-0.2, -0.15) is 5.10 Å². The summed E-state index contributed by atoms with van der Waals surface area (Å²) in [5.41, 5.74) is 3.97. The number of aryl methyl sites for hydroxylation is 1. The Balaban J connectivity index is 1.68. The lowest BCUT2D eigenvalue weighted by Crippen LogP contribution is -2.01. The molecule has 0 aliphatic carbocycles. The van der Waals surface area contributed by atoms with Crippen molar-refractivity contribution in [2.45, 2.75) is 6.92 Å². The first-order valence-electron chi connectivity index (χ1n) is 7.86. The Hall–Kier alpha value is -3.81. The van der Waals surface area contributed by atoms with Crippen LogP contribution < -0.4 is 5.32 Å². The van der Waals surface area contributed by atoms with Gasteiger partial charge in [0.25, 0.3) is 0 Å². The van der Waals surface area contributed by atoms with Crippen LogP contribution in [-0.2, 0) is 0 Å². The summed E-state index contributed by atoms with van der Waals surface area (Å²) in [5, 5.41) is 16.4. The van der Waals surface area contributed by atoms with Crippen molar-refractivity contribution >= 4 is 23.3 Å². The summed E-state index contributed by atoms with van der Waals surface area (Å²) < 4.78 is 1.74. The summed E-state index contributed by atoms with van der Waals surface area (Å²) in [6, 6.07) is 11.9. The van der Waals surface area contributed by atoms with Crippen molar-refractivity contribution in [2.24, 2.45) is 0 Å². The second-order valence-corrected chi connectivity index (χ2v) is 5.61. The van der Waals surface area contributed by atoms with Gasteiger partial charge in [0.05, 0.1) is 17.0 Å². The number of carbonyl (C=O) groups is 1. The first kappa shape index (κ1) is 15.7. The zero-order valence-electron chi connectivity index (χ0n) is 13.8. The van der Waals surface area contributed by atoms with Crippen LogP contribution in [0.15, 0.2) is 54.9 Å². The summed E-state index contributed by atoms with van der Waals surface area (Å²) in [6.45, 7) is 1.91. The van der Waals surface area contributed by atoms with E-state index in [1.54, 1.807) is 35.1 Å². The summed E-state index contributed by atoms with van der Waals surface area (Å²) >= 11 is 0. The molecule has 0 aliphatic rings. The van der Waals surface area contributed by atoms with E-state index in [0.717, 1.165) is 17.0 Å². The minimum absolute atomic E-state index is 0.220. The number of carboxylic acid groups (broad SMARTS) is 1. The number of aromatic carboxylic acids is 1. The third-order valence-electron chi connectivity index (χ3n) is 3.85. The first-order valence-corrected chi connectivity index (χ1v) is 7.86. The van der Waals surface area contributed by atoms with Crippen molar-refractivity contribution in [1.29, 1.82) is 0 Å². The molecule has 0 amide bonds. The van der Waals surface area contributed by atoms with Gasteiger partial charge < -0.3 is 10.4 Å². The second kappa shape index (κ2) is 6.25. The van der Waals surface area contributed by atoms with Gasteiger partial charge in [-0.1, -0.05) is 0 Å². The lowest BCUT2D eigenvalue weighted by Gasteiger charge is -2.07. The zero-order chi connectivity index (χ0) is 18.1. The van der Waals surface area contributed by atoms with Crippen molar-refractivity contribution in [1.82, 2.24) is 24.6 Å². The summed E-state index contributed by atoms with van der Waals surface area (Å²) in [7, 11) is 0. The van der Waals surface area contributed by atoms with Gasteiger partial charge in [-0.25, -0.2) is 24.3 Å². The van der Waals surface area contributed by atoms with Gasteiger partial charge in [0.15, 0.2) is 5.65 Å². The van der Waals surface area contributed by atoms with Crippen LogP contribution in [0.25, 0.3) is 17.0 Å². The molecule has 4 aromatic rings. The van der Waals surface area contributed by atoms with Crippen LogP contribution in [0.2, 0.25) is 0 Å². The standard InChI is InChI=1S/C18H14N6O2/c1-11-16(24-15(21-11)3-2-9-20-24)14-8-10-19-18(23-14)22-13-6-4-12(5-7-13)17(25)26/h2-10H,1H3,(H,25,26)(H,19,22,23). The van der Waals surface area contributed by atoms with Crippen molar-refractivity contribution < 1.29 is 9.90 Å². The van der Waals surface area contributed by atoms with Crippen LogP contribution in [0.4, 0.5) is 11.6 Å². The van der Waals surface area contributed by atoms with Crippen LogP contribution in [0.1, 0.15) is 16.1 Å². The predicted molar refractivity (Wildman–Crippen MR) is 95.4 cm³/mol. The molecule has 128 valence electrons. The number of carboxylic acids is 1. The van der Waals surface area contributed by atoms with Gasteiger partial charge in [-0.3, -0.25) is 0 Å². The molecule has 0 saturated heterocycles. The molecule has 3 heterocycles. The molecule has 0 radical (unpaired) electrons. The van der Waals surface area contributed by atoms with Gasteiger partial charge in [-0.15, -0.1) is 0 Å². The molecule has 0 bridgehead atoms. The van der Waals surface area contributed by atoms with Gasteiger partial charge >= 0.3 is 5.97 Å². The Morgan fingerprint density at radius 3 is 2.65 bits per heavy atom. The second-order valence-electron chi connectivity index (χ2n) is 5.61. The maximum absolute atomic E-state index is 10.9. The molecule has 0 unspecified atom stereocenters. The normalized spacial score (nSPS) is 10.8. The molecular weight excluding hydrogens is 332 g/mol. The molecule has 3 aromatic heterocycles. The molecule has 2 N–H and O–H groups in total. The molecule has 1 aromatic carbocycles. The molecular formula is C18H14N6O2. The summed E-state index contributed by atoms with van der Waals surface area (Å²) in [4.78, 5) is 24.2. The topological polar surface area (TPSA) is 105 Å². The molecule has 4 rings (SSSR count). The number of imidazole rings is 1. The van der Waals surface area contributed by atoms with Gasteiger partial charge in [0, 0.05) is 18.1 Å². The SMILES string of the molecule is Cc1nc2cccnn2c1-c1ccnc(Nc2ccc(C(=O)O)cc2)n1. The van der Waals surface area contributed by atoms with Crippen molar-refractivity contribution in [3.8, 4) is 11.4 Å². The molecule has 0 spiro atoms. The zero-order valence-corrected chi connectivity index (χ0v) is 13.8. The van der Waals surface area contributed by atoms with E-state index in [1.807, 2.05) is 19.1 Å². The Bertz CT molecular complexity index is 1100. The lowest BCUT2D eigenvalue weighted by atomic mass is 10.2. The van der Waals surface area contributed by atoms with Crippen molar-refractivity contribution in [3.63, 3.8) is 0 Å². The minimum atomic E-state index is -0.967. The van der Waals surface area contributed by atoms with E-state index >= 15 is 0 Å². The minimum Gasteiger partial charge on any atom is -0.478 e. The van der Waals surface area contributed by atoms with Gasteiger partial charge in [0.1, 0.15) is 5.69 Å². The first-order chi connectivity index (χ1) is 12.6. The fourth-order valence-corrected chi connectivity index (χ4v) is 2.67. The van der Waals surface area contributed by atoms with Gasteiger partial charge in [-0.05, 0) is 49.4 Å². The monoisotopic (exact) mass is 346 g/mol. The number of hydrogen-bond donors (Lipinski definition) is 2. The van der Waals surface area contributed by atoms with Crippen LogP contribution in [0.5, 0.6) is 0 Å². The Kier molecular flexibility index (Phi) is 3.77. The van der Waals surface area contributed by atoms with Crippen LogP contribution in [0, 0.1) is 6.92 Å². The van der Waals surface area contributed by atoms with E-state index in [1.165, 1.54) is 12.1 Å². The van der Waals surface area contributed by atoms with E-state index in [0.29, 0.717) is 17.3 Å². The highest BCUT2D eigenvalue weighted by Gasteiger charge is 2.14. The Morgan fingerprint density at radius 2 is 1.88 bits per heavy atom. The number of nitrogens with zero attached hydrogens (tertiary/aromatic N) is 5. The number of benzene rings is 1. The molecule has 8 nitrogen and oxygen atoms in total.